The molecule has 1 aromatic carbocycles. The molecule has 0 spiro atoms. The third-order valence-corrected chi connectivity index (χ3v) is 2.92. The van der Waals surface area contributed by atoms with Gasteiger partial charge in [0, 0.05) is 30.9 Å². The molecular weight excluding hydrogens is 239 g/mol. The lowest BCUT2D eigenvalue weighted by atomic mass is 10.0. The van der Waals surface area contributed by atoms with Gasteiger partial charge in [0.05, 0.1) is 0 Å². The van der Waals surface area contributed by atoms with Gasteiger partial charge in [-0.1, -0.05) is 32.0 Å². The SMILES string of the molecule is CC(C)NCc1ccc(F)c(Cc2ccccn2)c1. The van der Waals surface area contributed by atoms with Gasteiger partial charge >= 0.3 is 0 Å². The minimum Gasteiger partial charge on any atom is -0.310 e. The molecule has 0 aliphatic heterocycles. The average Bonchev–Trinajstić information content (AvgIpc) is 2.41. The van der Waals surface area contributed by atoms with E-state index in [0.29, 0.717) is 18.0 Å². The summed E-state index contributed by atoms with van der Waals surface area (Å²) in [6, 6.07) is 11.4. The summed E-state index contributed by atoms with van der Waals surface area (Å²) in [5.74, 6) is -0.168. The number of nitrogens with zero attached hydrogens (tertiary/aromatic N) is 1. The van der Waals surface area contributed by atoms with Crippen molar-refractivity contribution in [2.24, 2.45) is 0 Å². The van der Waals surface area contributed by atoms with Crippen molar-refractivity contribution in [2.75, 3.05) is 0 Å². The fourth-order valence-corrected chi connectivity index (χ4v) is 1.89. The molecule has 1 heterocycles. The first-order chi connectivity index (χ1) is 9.15. The number of pyridine rings is 1. The van der Waals surface area contributed by atoms with E-state index in [1.165, 1.54) is 6.07 Å². The van der Waals surface area contributed by atoms with E-state index in [9.17, 15) is 4.39 Å². The van der Waals surface area contributed by atoms with E-state index in [-0.39, 0.29) is 5.82 Å². The predicted molar refractivity (Wildman–Crippen MR) is 75.4 cm³/mol. The Hall–Kier alpha value is -1.74. The van der Waals surface area contributed by atoms with Gasteiger partial charge in [0.2, 0.25) is 0 Å². The fourth-order valence-electron chi connectivity index (χ4n) is 1.89. The number of halogens is 1. The Balaban J connectivity index is 2.13. The van der Waals surface area contributed by atoms with Crippen molar-refractivity contribution in [1.82, 2.24) is 10.3 Å². The molecule has 0 unspecified atom stereocenters. The molecule has 0 fully saturated rings. The van der Waals surface area contributed by atoms with Gasteiger partial charge in [-0.2, -0.15) is 0 Å². The van der Waals surface area contributed by atoms with Crippen LogP contribution in [-0.2, 0) is 13.0 Å². The van der Waals surface area contributed by atoms with Crippen LogP contribution >= 0.6 is 0 Å². The first kappa shape index (κ1) is 13.7. The van der Waals surface area contributed by atoms with E-state index in [1.54, 1.807) is 6.20 Å². The molecule has 0 bridgehead atoms. The van der Waals surface area contributed by atoms with E-state index < -0.39 is 0 Å². The van der Waals surface area contributed by atoms with Crippen LogP contribution in [0.5, 0.6) is 0 Å². The van der Waals surface area contributed by atoms with E-state index in [0.717, 1.165) is 17.8 Å². The predicted octanol–water partition coefficient (Wildman–Crippen LogP) is 3.31. The maximum Gasteiger partial charge on any atom is 0.126 e. The molecule has 19 heavy (non-hydrogen) atoms. The maximum absolute atomic E-state index is 13.8. The van der Waals surface area contributed by atoms with Crippen LogP contribution in [0.3, 0.4) is 0 Å². The molecule has 2 rings (SSSR count). The molecule has 1 N–H and O–H groups in total. The van der Waals surface area contributed by atoms with Crippen molar-refractivity contribution in [1.29, 1.82) is 0 Å². The van der Waals surface area contributed by atoms with Crippen LogP contribution < -0.4 is 5.32 Å². The van der Waals surface area contributed by atoms with Crippen LogP contribution in [0.4, 0.5) is 4.39 Å². The minimum atomic E-state index is -0.168. The molecule has 0 amide bonds. The highest BCUT2D eigenvalue weighted by Crippen LogP contribution is 2.14. The second-order valence-electron chi connectivity index (χ2n) is 4.96. The maximum atomic E-state index is 13.8. The lowest BCUT2D eigenvalue weighted by Crippen LogP contribution is -2.21. The van der Waals surface area contributed by atoms with E-state index in [1.807, 2.05) is 30.3 Å². The highest BCUT2D eigenvalue weighted by atomic mass is 19.1. The Kier molecular flexibility index (Phi) is 4.63. The van der Waals surface area contributed by atoms with Crippen molar-refractivity contribution < 1.29 is 4.39 Å². The molecule has 1 aromatic heterocycles. The van der Waals surface area contributed by atoms with Gasteiger partial charge in [-0.25, -0.2) is 4.39 Å². The van der Waals surface area contributed by atoms with Crippen molar-refractivity contribution in [3.8, 4) is 0 Å². The largest absolute Gasteiger partial charge is 0.310 e. The zero-order chi connectivity index (χ0) is 13.7. The summed E-state index contributed by atoms with van der Waals surface area (Å²) in [4.78, 5) is 4.24. The van der Waals surface area contributed by atoms with Gasteiger partial charge in [-0.3, -0.25) is 4.98 Å². The summed E-state index contributed by atoms with van der Waals surface area (Å²) in [7, 11) is 0. The van der Waals surface area contributed by atoms with Crippen molar-refractivity contribution in [3.05, 3.63) is 65.2 Å². The molecule has 0 atom stereocenters. The summed E-state index contributed by atoms with van der Waals surface area (Å²) >= 11 is 0. The number of nitrogens with one attached hydrogen (secondary N) is 1. The third kappa shape index (κ3) is 4.14. The van der Waals surface area contributed by atoms with Gasteiger partial charge < -0.3 is 5.32 Å². The second kappa shape index (κ2) is 6.43. The monoisotopic (exact) mass is 258 g/mol. The Morgan fingerprint density at radius 1 is 1.21 bits per heavy atom. The van der Waals surface area contributed by atoms with E-state index >= 15 is 0 Å². The first-order valence-electron chi connectivity index (χ1n) is 6.56. The van der Waals surface area contributed by atoms with Crippen LogP contribution in [0.15, 0.2) is 42.6 Å². The Morgan fingerprint density at radius 2 is 2.05 bits per heavy atom. The first-order valence-corrected chi connectivity index (χ1v) is 6.56. The zero-order valence-corrected chi connectivity index (χ0v) is 11.4. The molecule has 3 heteroatoms. The summed E-state index contributed by atoms with van der Waals surface area (Å²) in [6.07, 6.45) is 2.26. The van der Waals surface area contributed by atoms with Crippen molar-refractivity contribution >= 4 is 0 Å². The fraction of sp³-hybridized carbons (Fsp3) is 0.312. The topological polar surface area (TPSA) is 24.9 Å². The van der Waals surface area contributed by atoms with Gasteiger partial charge in [-0.05, 0) is 29.3 Å². The molecule has 0 saturated heterocycles. The molecule has 0 aliphatic carbocycles. The van der Waals surface area contributed by atoms with Crippen LogP contribution in [0, 0.1) is 5.82 Å². The Bertz CT molecular complexity index is 524. The van der Waals surface area contributed by atoms with Crippen molar-refractivity contribution in [3.63, 3.8) is 0 Å². The number of hydrogen-bond donors (Lipinski definition) is 1. The standard InChI is InChI=1S/C16H19FN2/c1-12(2)19-11-13-6-7-16(17)14(9-13)10-15-5-3-4-8-18-15/h3-9,12,19H,10-11H2,1-2H3. The van der Waals surface area contributed by atoms with Gasteiger partial charge in [0.15, 0.2) is 0 Å². The zero-order valence-electron chi connectivity index (χ0n) is 11.4. The highest BCUT2D eigenvalue weighted by Gasteiger charge is 2.06. The third-order valence-electron chi connectivity index (χ3n) is 2.92. The van der Waals surface area contributed by atoms with Gasteiger partial charge in [-0.15, -0.1) is 0 Å². The Labute approximate surface area is 113 Å². The van der Waals surface area contributed by atoms with Gasteiger partial charge in [0.1, 0.15) is 5.82 Å². The van der Waals surface area contributed by atoms with Crippen LogP contribution in [0.2, 0.25) is 0 Å². The molecule has 0 radical (unpaired) electrons. The quantitative estimate of drug-likeness (QED) is 0.890. The second-order valence-corrected chi connectivity index (χ2v) is 4.96. The van der Waals surface area contributed by atoms with Crippen LogP contribution in [-0.4, -0.2) is 11.0 Å². The van der Waals surface area contributed by atoms with Crippen LogP contribution in [0.25, 0.3) is 0 Å². The lowest BCUT2D eigenvalue weighted by Gasteiger charge is -2.10. The lowest BCUT2D eigenvalue weighted by molar-refractivity contribution is 0.583. The molecular formula is C16H19FN2. The summed E-state index contributed by atoms with van der Waals surface area (Å²) in [5, 5.41) is 3.33. The average molecular weight is 258 g/mol. The minimum absolute atomic E-state index is 0.168. The van der Waals surface area contributed by atoms with E-state index in [2.05, 4.69) is 24.1 Å². The van der Waals surface area contributed by atoms with Crippen molar-refractivity contribution in [2.45, 2.75) is 32.9 Å². The highest BCUT2D eigenvalue weighted by molar-refractivity contribution is 5.28. The molecule has 2 nitrogen and oxygen atoms in total. The number of hydrogen-bond acceptors (Lipinski definition) is 2. The number of aromatic nitrogens is 1. The molecule has 0 aliphatic rings. The normalized spacial score (nSPS) is 10.9. The van der Waals surface area contributed by atoms with Crippen LogP contribution in [0.1, 0.15) is 30.7 Å². The smallest absolute Gasteiger partial charge is 0.126 e. The summed E-state index contributed by atoms with van der Waals surface area (Å²) < 4.78 is 13.8. The number of rotatable bonds is 5. The summed E-state index contributed by atoms with van der Waals surface area (Å²) in [6.45, 7) is 4.95. The summed E-state index contributed by atoms with van der Waals surface area (Å²) in [5.41, 5.74) is 2.68. The molecule has 2 aromatic rings. The van der Waals surface area contributed by atoms with Gasteiger partial charge in [0.25, 0.3) is 0 Å². The number of benzene rings is 1. The molecule has 100 valence electrons. The Morgan fingerprint density at radius 3 is 2.74 bits per heavy atom. The van der Waals surface area contributed by atoms with E-state index in [4.69, 9.17) is 0 Å². The molecule has 0 saturated carbocycles.